The maximum atomic E-state index is 12.5. The lowest BCUT2D eigenvalue weighted by Gasteiger charge is -2.30. The predicted octanol–water partition coefficient (Wildman–Crippen LogP) is 3.85. The quantitative estimate of drug-likeness (QED) is 0.131. The first-order valence-corrected chi connectivity index (χ1v) is 17.7. The van der Waals surface area contributed by atoms with Gasteiger partial charge in [0, 0.05) is 51.7 Å². The Balaban J connectivity index is 5.15. The SMILES string of the molecule is CCO[Si](CCC[SH](CCC[Si](OCC)(OCC)OCC)C(=O)C(=O)S)(OCC)OCC. The maximum absolute atomic E-state index is 12.5. The second-order valence-electron chi connectivity index (χ2n) is 6.77. The van der Waals surface area contributed by atoms with Crippen LogP contribution < -0.4 is 0 Å². The van der Waals surface area contributed by atoms with Gasteiger partial charge in [-0.3, -0.25) is 9.59 Å². The minimum absolute atomic E-state index is 0.392. The van der Waals surface area contributed by atoms with Gasteiger partial charge in [0.05, 0.1) is 0 Å². The summed E-state index contributed by atoms with van der Waals surface area (Å²) in [4.78, 5) is 24.3. The van der Waals surface area contributed by atoms with Gasteiger partial charge >= 0.3 is 17.6 Å². The average molecular weight is 533 g/mol. The summed E-state index contributed by atoms with van der Waals surface area (Å²) in [6.07, 6.45) is 1.38. The van der Waals surface area contributed by atoms with E-state index < -0.39 is 38.7 Å². The molecule has 0 aliphatic rings. The average Bonchev–Trinajstić information content (AvgIpc) is 2.73. The van der Waals surface area contributed by atoms with E-state index in [1.54, 1.807) is 0 Å². The van der Waals surface area contributed by atoms with E-state index in [1.165, 1.54) is 0 Å². The highest BCUT2D eigenvalue weighted by atomic mass is 32.2. The smallest absolute Gasteiger partial charge is 0.374 e. The molecule has 0 atom stereocenters. The van der Waals surface area contributed by atoms with Crippen LogP contribution in [0.3, 0.4) is 0 Å². The molecule has 0 heterocycles. The third-order valence-electron chi connectivity index (χ3n) is 4.48. The third-order valence-corrected chi connectivity index (χ3v) is 13.6. The summed E-state index contributed by atoms with van der Waals surface area (Å²) >= 11 is 3.79. The zero-order chi connectivity index (χ0) is 24.5. The van der Waals surface area contributed by atoms with E-state index in [1.807, 2.05) is 41.5 Å². The summed E-state index contributed by atoms with van der Waals surface area (Å²) in [5, 5.41) is -1.07. The summed E-state index contributed by atoms with van der Waals surface area (Å²) in [6.45, 7) is 14.6. The van der Waals surface area contributed by atoms with Gasteiger partial charge in [0.1, 0.15) is 0 Å². The van der Waals surface area contributed by atoms with E-state index in [2.05, 4.69) is 12.6 Å². The number of carbonyl (C=O) groups excluding carboxylic acids is 2. The van der Waals surface area contributed by atoms with Gasteiger partial charge < -0.3 is 26.6 Å². The van der Waals surface area contributed by atoms with Crippen molar-refractivity contribution in [2.24, 2.45) is 0 Å². The summed E-state index contributed by atoms with van der Waals surface area (Å²) in [7, 11) is -6.73. The first-order chi connectivity index (χ1) is 15.3. The van der Waals surface area contributed by atoms with Gasteiger partial charge in [-0.05, 0) is 65.9 Å². The number of rotatable bonds is 21. The van der Waals surface area contributed by atoms with Crippen LogP contribution in [0.15, 0.2) is 0 Å². The zero-order valence-corrected chi connectivity index (χ0v) is 24.4. The predicted molar refractivity (Wildman–Crippen MR) is 138 cm³/mol. The lowest BCUT2D eigenvalue weighted by Crippen LogP contribution is -2.46. The van der Waals surface area contributed by atoms with Crippen LogP contribution in [0.4, 0.5) is 0 Å². The highest BCUT2D eigenvalue weighted by molar-refractivity contribution is 8.33. The van der Waals surface area contributed by atoms with Crippen molar-refractivity contribution in [2.45, 2.75) is 66.5 Å². The molecule has 12 heteroatoms. The van der Waals surface area contributed by atoms with Gasteiger partial charge in [-0.2, -0.15) is 10.9 Å². The Kier molecular flexibility index (Phi) is 18.7. The van der Waals surface area contributed by atoms with E-state index in [4.69, 9.17) is 26.6 Å². The highest BCUT2D eigenvalue weighted by Crippen LogP contribution is 2.33. The topological polar surface area (TPSA) is 89.5 Å². The molecule has 0 aliphatic carbocycles. The molecule has 0 unspecified atom stereocenters. The Morgan fingerprint density at radius 3 is 1.12 bits per heavy atom. The monoisotopic (exact) mass is 532 g/mol. The maximum Gasteiger partial charge on any atom is 0.500 e. The zero-order valence-electron chi connectivity index (χ0n) is 20.6. The highest BCUT2D eigenvalue weighted by Gasteiger charge is 2.41. The molecule has 0 aromatic rings. The summed E-state index contributed by atoms with van der Waals surface area (Å²) < 4.78 is 35.4. The van der Waals surface area contributed by atoms with Gasteiger partial charge in [0.15, 0.2) is 0 Å². The van der Waals surface area contributed by atoms with Crippen LogP contribution >= 0.6 is 23.5 Å². The molecule has 8 nitrogen and oxygen atoms in total. The van der Waals surface area contributed by atoms with Gasteiger partial charge in [0.25, 0.3) is 5.12 Å². The molecule has 0 amide bonds. The molecule has 0 bridgehead atoms. The van der Waals surface area contributed by atoms with Gasteiger partial charge in [-0.25, -0.2) is 0 Å². The number of hydrogen-bond acceptors (Lipinski definition) is 8. The van der Waals surface area contributed by atoms with Crippen LogP contribution in [0, 0.1) is 0 Å². The number of carbonyl (C=O) groups is 2. The van der Waals surface area contributed by atoms with Gasteiger partial charge in [-0.1, -0.05) is 12.6 Å². The van der Waals surface area contributed by atoms with Crippen molar-refractivity contribution >= 4 is 51.4 Å². The van der Waals surface area contributed by atoms with Crippen molar-refractivity contribution in [3.63, 3.8) is 0 Å². The molecule has 0 aliphatic heterocycles. The molecule has 0 saturated heterocycles. The summed E-state index contributed by atoms with van der Waals surface area (Å²) in [5.41, 5.74) is 0. The molecule has 192 valence electrons. The van der Waals surface area contributed by atoms with Crippen LogP contribution in [0.25, 0.3) is 0 Å². The van der Waals surface area contributed by atoms with E-state index in [9.17, 15) is 9.59 Å². The van der Waals surface area contributed by atoms with Crippen LogP contribution in [-0.2, 0) is 36.1 Å². The van der Waals surface area contributed by atoms with E-state index in [-0.39, 0.29) is 0 Å². The van der Waals surface area contributed by atoms with E-state index in [0.29, 0.717) is 76.1 Å². The molecular formula is C20H44O8S2Si2. The molecular weight excluding hydrogens is 489 g/mol. The molecule has 32 heavy (non-hydrogen) atoms. The van der Waals surface area contributed by atoms with Crippen molar-refractivity contribution < 1.29 is 36.1 Å². The molecule has 0 radical (unpaired) electrons. The standard InChI is InChI=1S/C20H44O8S2Si2/c1-7-23-31(24-8-2,25-9-3)17-13-15-30(20(22)19(21)29)16-14-18-32(26-10-4,27-11-5)28-12-6/h30H,7-18H2,1-6H3,(H,21,29). The second-order valence-corrected chi connectivity index (χ2v) is 15.0. The third kappa shape index (κ3) is 12.1. The summed E-state index contributed by atoms with van der Waals surface area (Å²) in [6, 6.07) is 1.23. The molecule has 0 N–H and O–H groups in total. The Morgan fingerprint density at radius 1 is 0.625 bits per heavy atom. The minimum atomic E-state index is -2.78. The second kappa shape index (κ2) is 18.5. The van der Waals surface area contributed by atoms with Crippen molar-refractivity contribution in [1.82, 2.24) is 0 Å². The molecule has 0 aromatic carbocycles. The Bertz CT molecular complexity index is 462. The molecule has 0 aromatic heterocycles. The largest absolute Gasteiger partial charge is 0.500 e. The number of thiol groups is 2. The fourth-order valence-corrected chi connectivity index (χ4v) is 11.6. The van der Waals surface area contributed by atoms with Crippen molar-refractivity contribution in [3.8, 4) is 0 Å². The lowest BCUT2D eigenvalue weighted by molar-refractivity contribution is -0.126. The van der Waals surface area contributed by atoms with E-state index in [0.717, 1.165) is 0 Å². The molecule has 0 fully saturated rings. The van der Waals surface area contributed by atoms with Gasteiger partial charge in [-0.15, -0.1) is 0 Å². The van der Waals surface area contributed by atoms with Crippen molar-refractivity contribution in [1.29, 1.82) is 0 Å². The molecule has 0 spiro atoms. The van der Waals surface area contributed by atoms with Crippen LogP contribution in [0.5, 0.6) is 0 Å². The minimum Gasteiger partial charge on any atom is -0.374 e. The normalized spacial score (nSPS) is 12.8. The number of hydrogen-bond donors (Lipinski definition) is 2. The van der Waals surface area contributed by atoms with Crippen molar-refractivity contribution in [2.75, 3.05) is 51.1 Å². The fraction of sp³-hybridized carbons (Fsp3) is 0.900. The molecule has 0 rings (SSSR count). The Hall–Kier alpha value is 0.234. The van der Waals surface area contributed by atoms with E-state index >= 15 is 0 Å². The summed E-state index contributed by atoms with van der Waals surface area (Å²) in [5.74, 6) is 1.21. The Morgan fingerprint density at radius 2 is 0.906 bits per heavy atom. The fourth-order valence-electron chi connectivity index (χ4n) is 3.43. The van der Waals surface area contributed by atoms with Crippen LogP contribution in [-0.4, -0.2) is 79.0 Å². The van der Waals surface area contributed by atoms with Gasteiger partial charge in [0.2, 0.25) is 5.12 Å². The van der Waals surface area contributed by atoms with Crippen molar-refractivity contribution in [3.05, 3.63) is 0 Å². The Labute approximate surface area is 204 Å². The van der Waals surface area contributed by atoms with Crippen LogP contribution in [0.1, 0.15) is 54.4 Å². The lowest BCUT2D eigenvalue weighted by atomic mass is 10.6. The first kappa shape index (κ1) is 32.2. The first-order valence-electron chi connectivity index (χ1n) is 11.6. The van der Waals surface area contributed by atoms with Crippen LogP contribution in [0.2, 0.25) is 12.1 Å². The molecule has 0 saturated carbocycles.